The highest BCUT2D eigenvalue weighted by Crippen LogP contribution is 2.33. The van der Waals surface area contributed by atoms with E-state index in [9.17, 15) is 4.79 Å². The Morgan fingerprint density at radius 1 is 1.33 bits per heavy atom. The molecule has 0 bridgehead atoms. The van der Waals surface area contributed by atoms with E-state index in [0.717, 1.165) is 36.3 Å². The van der Waals surface area contributed by atoms with Crippen molar-refractivity contribution in [2.24, 2.45) is 5.73 Å². The van der Waals surface area contributed by atoms with Crippen molar-refractivity contribution in [3.8, 4) is 11.5 Å². The molecule has 0 saturated heterocycles. The largest absolute Gasteiger partial charge is 0.497 e. The maximum atomic E-state index is 12.3. The third kappa shape index (κ3) is 3.67. The predicted octanol–water partition coefficient (Wildman–Crippen LogP) is 1.93. The summed E-state index contributed by atoms with van der Waals surface area (Å²) in [6.45, 7) is 0.481. The van der Waals surface area contributed by atoms with Crippen molar-refractivity contribution in [2.45, 2.75) is 37.8 Å². The van der Waals surface area contributed by atoms with E-state index in [-0.39, 0.29) is 11.4 Å². The molecule has 0 aliphatic heterocycles. The average Bonchev–Trinajstić information content (AvgIpc) is 2.45. The minimum Gasteiger partial charge on any atom is -0.497 e. The maximum absolute atomic E-state index is 12.3. The molecule has 1 amide bonds. The molecule has 0 unspecified atom stereocenters. The van der Waals surface area contributed by atoms with Gasteiger partial charge in [0.15, 0.2) is 0 Å². The Morgan fingerprint density at radius 3 is 2.57 bits per heavy atom. The van der Waals surface area contributed by atoms with Gasteiger partial charge in [0, 0.05) is 31.1 Å². The van der Waals surface area contributed by atoms with Crippen LogP contribution in [0, 0.1) is 0 Å². The summed E-state index contributed by atoms with van der Waals surface area (Å²) in [6.07, 6.45) is 3.41. The predicted molar refractivity (Wildman–Crippen MR) is 81.4 cm³/mol. The average molecular weight is 292 g/mol. The lowest BCUT2D eigenvalue weighted by molar-refractivity contribution is -0.132. The SMILES string of the molecule is COc1ccc(OC)c(CN(C)C(=O)CC2(N)CCC2)c1. The lowest BCUT2D eigenvalue weighted by Gasteiger charge is -2.38. The molecule has 0 atom stereocenters. The van der Waals surface area contributed by atoms with Crippen LogP contribution in [0.15, 0.2) is 18.2 Å². The van der Waals surface area contributed by atoms with Crippen LogP contribution in [0.2, 0.25) is 0 Å². The molecule has 0 heterocycles. The Kier molecular flexibility index (Phi) is 4.73. The molecule has 2 rings (SSSR count). The van der Waals surface area contributed by atoms with E-state index in [2.05, 4.69) is 0 Å². The first-order chi connectivity index (χ1) is 9.97. The van der Waals surface area contributed by atoms with Crippen molar-refractivity contribution in [2.75, 3.05) is 21.3 Å². The number of amides is 1. The molecule has 1 aromatic carbocycles. The molecule has 116 valence electrons. The number of nitrogens with two attached hydrogens (primary N) is 1. The summed E-state index contributed by atoms with van der Waals surface area (Å²) in [6, 6.07) is 5.58. The zero-order chi connectivity index (χ0) is 15.5. The number of rotatable bonds is 6. The molecule has 0 aromatic heterocycles. The minimum atomic E-state index is -0.288. The van der Waals surface area contributed by atoms with Crippen LogP contribution in [0.5, 0.6) is 11.5 Å². The molecule has 1 saturated carbocycles. The molecule has 1 fully saturated rings. The van der Waals surface area contributed by atoms with Gasteiger partial charge in [-0.1, -0.05) is 0 Å². The normalized spacial score (nSPS) is 16.0. The van der Waals surface area contributed by atoms with Crippen molar-refractivity contribution in [1.29, 1.82) is 0 Å². The second kappa shape index (κ2) is 6.35. The molecule has 1 aliphatic rings. The summed E-state index contributed by atoms with van der Waals surface area (Å²) in [5.41, 5.74) is 6.78. The van der Waals surface area contributed by atoms with Crippen LogP contribution in [0.4, 0.5) is 0 Å². The van der Waals surface area contributed by atoms with Crippen LogP contribution < -0.4 is 15.2 Å². The van der Waals surface area contributed by atoms with Crippen molar-refractivity contribution in [3.63, 3.8) is 0 Å². The molecule has 5 nitrogen and oxygen atoms in total. The Morgan fingerprint density at radius 2 is 2.05 bits per heavy atom. The number of carbonyl (C=O) groups excluding carboxylic acids is 1. The molecule has 0 radical (unpaired) electrons. The zero-order valence-electron chi connectivity index (χ0n) is 13.0. The number of hydrogen-bond acceptors (Lipinski definition) is 4. The van der Waals surface area contributed by atoms with Gasteiger partial charge in [0.1, 0.15) is 11.5 Å². The smallest absolute Gasteiger partial charge is 0.224 e. The number of nitrogens with zero attached hydrogens (tertiary/aromatic N) is 1. The van der Waals surface area contributed by atoms with Gasteiger partial charge in [-0.05, 0) is 37.5 Å². The molecule has 21 heavy (non-hydrogen) atoms. The van der Waals surface area contributed by atoms with E-state index >= 15 is 0 Å². The zero-order valence-corrected chi connectivity index (χ0v) is 13.0. The molecular weight excluding hydrogens is 268 g/mol. The maximum Gasteiger partial charge on any atom is 0.224 e. The Bertz CT molecular complexity index is 512. The first kappa shape index (κ1) is 15.6. The molecule has 0 spiro atoms. The highest BCUT2D eigenvalue weighted by atomic mass is 16.5. The summed E-state index contributed by atoms with van der Waals surface area (Å²) in [5.74, 6) is 1.57. The second-order valence-electron chi connectivity index (χ2n) is 5.82. The first-order valence-electron chi connectivity index (χ1n) is 7.21. The Hall–Kier alpha value is -1.75. The summed E-state index contributed by atoms with van der Waals surface area (Å²) in [7, 11) is 5.04. The first-order valence-corrected chi connectivity index (χ1v) is 7.21. The van der Waals surface area contributed by atoms with Crippen LogP contribution >= 0.6 is 0 Å². The Labute approximate surface area is 126 Å². The van der Waals surface area contributed by atoms with E-state index in [1.165, 1.54) is 0 Å². The molecule has 1 aromatic rings. The molecule has 1 aliphatic carbocycles. The number of ether oxygens (including phenoxy) is 2. The van der Waals surface area contributed by atoms with Crippen molar-refractivity contribution >= 4 is 5.91 Å². The van der Waals surface area contributed by atoms with Crippen LogP contribution in [0.3, 0.4) is 0 Å². The van der Waals surface area contributed by atoms with Crippen LogP contribution in [0.1, 0.15) is 31.2 Å². The van der Waals surface area contributed by atoms with Gasteiger partial charge in [-0.3, -0.25) is 4.79 Å². The third-order valence-corrected chi connectivity index (χ3v) is 4.17. The van der Waals surface area contributed by atoms with Crippen LogP contribution in [0.25, 0.3) is 0 Å². The number of hydrogen-bond donors (Lipinski definition) is 1. The summed E-state index contributed by atoms with van der Waals surface area (Å²) in [4.78, 5) is 14.0. The lowest BCUT2D eigenvalue weighted by Crippen LogP contribution is -2.50. The fourth-order valence-corrected chi connectivity index (χ4v) is 2.59. The second-order valence-corrected chi connectivity index (χ2v) is 5.82. The number of carbonyl (C=O) groups is 1. The summed E-state index contributed by atoms with van der Waals surface area (Å²) >= 11 is 0. The molecule has 5 heteroatoms. The highest BCUT2D eigenvalue weighted by Gasteiger charge is 2.35. The standard InChI is InChI=1S/C16H24N2O3/c1-18(15(19)10-16(17)7-4-8-16)11-12-9-13(20-2)5-6-14(12)21-3/h5-6,9H,4,7-8,10-11,17H2,1-3H3. The van der Waals surface area contributed by atoms with Gasteiger partial charge in [0.05, 0.1) is 14.2 Å². The summed E-state index contributed by atoms with van der Waals surface area (Å²) < 4.78 is 10.6. The van der Waals surface area contributed by atoms with E-state index in [0.29, 0.717) is 13.0 Å². The van der Waals surface area contributed by atoms with Gasteiger partial charge in [0.2, 0.25) is 5.91 Å². The highest BCUT2D eigenvalue weighted by molar-refractivity contribution is 5.77. The van der Waals surface area contributed by atoms with Gasteiger partial charge in [0.25, 0.3) is 0 Å². The monoisotopic (exact) mass is 292 g/mol. The van der Waals surface area contributed by atoms with Gasteiger partial charge in [-0.15, -0.1) is 0 Å². The number of methoxy groups -OCH3 is 2. The molecular formula is C16H24N2O3. The van der Waals surface area contributed by atoms with Gasteiger partial charge >= 0.3 is 0 Å². The van der Waals surface area contributed by atoms with E-state index in [4.69, 9.17) is 15.2 Å². The van der Waals surface area contributed by atoms with Crippen LogP contribution in [-0.2, 0) is 11.3 Å². The fourth-order valence-electron chi connectivity index (χ4n) is 2.59. The van der Waals surface area contributed by atoms with Gasteiger partial charge in [-0.25, -0.2) is 0 Å². The fraction of sp³-hybridized carbons (Fsp3) is 0.562. The Balaban J connectivity index is 2.04. The quantitative estimate of drug-likeness (QED) is 0.870. The van der Waals surface area contributed by atoms with Gasteiger partial charge in [-0.2, -0.15) is 0 Å². The lowest BCUT2D eigenvalue weighted by atomic mass is 9.75. The van der Waals surface area contributed by atoms with E-state index in [1.54, 1.807) is 26.2 Å². The van der Waals surface area contributed by atoms with Crippen molar-refractivity contribution in [1.82, 2.24) is 4.90 Å². The van der Waals surface area contributed by atoms with Crippen molar-refractivity contribution in [3.05, 3.63) is 23.8 Å². The van der Waals surface area contributed by atoms with Crippen LogP contribution in [-0.4, -0.2) is 37.6 Å². The summed E-state index contributed by atoms with van der Waals surface area (Å²) in [5, 5.41) is 0. The van der Waals surface area contributed by atoms with E-state index < -0.39 is 0 Å². The molecule has 2 N–H and O–H groups in total. The minimum absolute atomic E-state index is 0.0714. The van der Waals surface area contributed by atoms with E-state index in [1.807, 2.05) is 18.2 Å². The van der Waals surface area contributed by atoms with Crippen molar-refractivity contribution < 1.29 is 14.3 Å². The third-order valence-electron chi connectivity index (χ3n) is 4.17. The topological polar surface area (TPSA) is 64.8 Å². The van der Waals surface area contributed by atoms with Gasteiger partial charge < -0.3 is 20.1 Å². The number of benzene rings is 1.